The van der Waals surface area contributed by atoms with Gasteiger partial charge in [-0.3, -0.25) is 9.59 Å². The van der Waals surface area contributed by atoms with E-state index in [9.17, 15) is 9.59 Å². The largest absolute Gasteiger partial charge is 0.454 e. The van der Waals surface area contributed by atoms with Crippen LogP contribution in [0.2, 0.25) is 0 Å². The predicted molar refractivity (Wildman–Crippen MR) is 107 cm³/mol. The SMILES string of the molecule is CC(=O)C(C)n1c(C2CC(=O)N(c3ccc4c(c3)OCO4)C2)nc2ccccc21. The number of imidazole rings is 1. The number of ketones is 1. The number of rotatable bonds is 4. The van der Waals surface area contributed by atoms with Crippen molar-refractivity contribution in [2.24, 2.45) is 0 Å². The van der Waals surface area contributed by atoms with Crippen LogP contribution in [0, 0.1) is 0 Å². The van der Waals surface area contributed by atoms with Crippen molar-refractivity contribution in [1.29, 1.82) is 0 Å². The van der Waals surface area contributed by atoms with Crippen LogP contribution in [0.3, 0.4) is 0 Å². The van der Waals surface area contributed by atoms with E-state index in [2.05, 4.69) is 0 Å². The van der Waals surface area contributed by atoms with E-state index in [1.54, 1.807) is 11.8 Å². The van der Waals surface area contributed by atoms with Crippen molar-refractivity contribution < 1.29 is 19.1 Å². The van der Waals surface area contributed by atoms with Gasteiger partial charge in [-0.25, -0.2) is 4.98 Å². The lowest BCUT2D eigenvalue weighted by atomic mass is 10.1. The van der Waals surface area contributed by atoms with Crippen LogP contribution < -0.4 is 14.4 Å². The highest BCUT2D eigenvalue weighted by Gasteiger charge is 2.36. The summed E-state index contributed by atoms with van der Waals surface area (Å²) in [6.07, 6.45) is 0.350. The number of carbonyl (C=O) groups excluding carboxylic acids is 2. The molecule has 1 aromatic heterocycles. The Morgan fingerprint density at radius 3 is 2.79 bits per heavy atom. The molecule has 7 heteroatoms. The average molecular weight is 391 g/mol. The van der Waals surface area contributed by atoms with Crippen molar-refractivity contribution in [3.63, 3.8) is 0 Å². The molecular formula is C22H21N3O4. The van der Waals surface area contributed by atoms with Crippen LogP contribution in [0.25, 0.3) is 11.0 Å². The molecule has 148 valence electrons. The highest BCUT2D eigenvalue weighted by atomic mass is 16.7. The molecule has 3 heterocycles. The highest BCUT2D eigenvalue weighted by molar-refractivity contribution is 5.97. The molecule has 2 aliphatic heterocycles. The van der Waals surface area contributed by atoms with Gasteiger partial charge in [0.25, 0.3) is 0 Å². The molecule has 2 unspecified atom stereocenters. The summed E-state index contributed by atoms with van der Waals surface area (Å²) in [5, 5.41) is 0. The smallest absolute Gasteiger partial charge is 0.231 e. The van der Waals surface area contributed by atoms with Gasteiger partial charge in [-0.15, -0.1) is 0 Å². The lowest BCUT2D eigenvalue weighted by molar-refractivity contribution is -0.119. The Balaban J connectivity index is 1.52. The molecule has 7 nitrogen and oxygen atoms in total. The van der Waals surface area contributed by atoms with Crippen LogP contribution in [-0.2, 0) is 9.59 Å². The van der Waals surface area contributed by atoms with Gasteiger partial charge >= 0.3 is 0 Å². The summed E-state index contributed by atoms with van der Waals surface area (Å²) in [7, 11) is 0. The minimum Gasteiger partial charge on any atom is -0.454 e. The Morgan fingerprint density at radius 1 is 1.17 bits per heavy atom. The van der Waals surface area contributed by atoms with E-state index in [1.807, 2.05) is 54.0 Å². The summed E-state index contributed by atoms with van der Waals surface area (Å²) < 4.78 is 12.8. The second-order valence-corrected chi connectivity index (χ2v) is 7.56. The van der Waals surface area contributed by atoms with Crippen LogP contribution in [0.4, 0.5) is 5.69 Å². The molecule has 0 radical (unpaired) electrons. The minimum atomic E-state index is -0.341. The molecule has 2 atom stereocenters. The maximum absolute atomic E-state index is 12.8. The number of benzene rings is 2. The van der Waals surface area contributed by atoms with Gasteiger partial charge in [-0.1, -0.05) is 12.1 Å². The number of aromatic nitrogens is 2. The van der Waals surface area contributed by atoms with Gasteiger partial charge in [0.2, 0.25) is 12.7 Å². The first-order valence-corrected chi connectivity index (χ1v) is 9.70. The van der Waals surface area contributed by atoms with E-state index >= 15 is 0 Å². The normalized spacial score (nSPS) is 19.2. The van der Waals surface area contributed by atoms with E-state index in [-0.39, 0.29) is 30.4 Å². The first-order valence-electron chi connectivity index (χ1n) is 9.70. The number of para-hydroxylation sites is 2. The number of nitrogens with zero attached hydrogens (tertiary/aromatic N) is 3. The zero-order valence-electron chi connectivity index (χ0n) is 16.3. The molecule has 5 rings (SSSR count). The maximum Gasteiger partial charge on any atom is 0.231 e. The van der Waals surface area contributed by atoms with Crippen LogP contribution in [0.15, 0.2) is 42.5 Å². The molecule has 0 aliphatic carbocycles. The first-order chi connectivity index (χ1) is 14.0. The zero-order chi connectivity index (χ0) is 20.1. The standard InChI is InChI=1S/C22H21N3O4/c1-13(14(2)26)25-18-6-4-3-5-17(18)23-22(25)15-9-21(27)24(11-15)16-7-8-19-20(10-16)29-12-28-19/h3-8,10,13,15H,9,11-12H2,1-2H3. The first kappa shape index (κ1) is 17.7. The molecule has 3 aromatic rings. The zero-order valence-corrected chi connectivity index (χ0v) is 16.3. The van der Waals surface area contributed by atoms with Crippen LogP contribution in [0.1, 0.15) is 38.1 Å². The summed E-state index contributed by atoms with van der Waals surface area (Å²) >= 11 is 0. The Hall–Kier alpha value is -3.35. The topological polar surface area (TPSA) is 73.7 Å². The molecule has 1 amide bonds. The Bertz CT molecular complexity index is 1140. The molecule has 0 N–H and O–H groups in total. The Morgan fingerprint density at radius 2 is 1.97 bits per heavy atom. The molecule has 0 bridgehead atoms. The third-order valence-corrected chi connectivity index (χ3v) is 5.76. The van der Waals surface area contributed by atoms with Gasteiger partial charge in [0.05, 0.1) is 17.1 Å². The van der Waals surface area contributed by atoms with Crippen molar-refractivity contribution in [3.8, 4) is 11.5 Å². The van der Waals surface area contributed by atoms with Crippen molar-refractivity contribution in [2.75, 3.05) is 18.2 Å². The second kappa shape index (κ2) is 6.62. The number of carbonyl (C=O) groups is 2. The quantitative estimate of drug-likeness (QED) is 0.681. The van der Waals surface area contributed by atoms with Crippen LogP contribution >= 0.6 is 0 Å². The van der Waals surface area contributed by atoms with Crippen molar-refractivity contribution in [1.82, 2.24) is 9.55 Å². The molecular weight excluding hydrogens is 370 g/mol. The van der Waals surface area contributed by atoms with Crippen molar-refractivity contribution >= 4 is 28.4 Å². The fourth-order valence-corrected chi connectivity index (χ4v) is 4.12. The minimum absolute atomic E-state index is 0.0305. The van der Waals surface area contributed by atoms with Gasteiger partial charge in [-0.05, 0) is 38.1 Å². The number of ether oxygens (including phenoxy) is 2. The molecule has 1 saturated heterocycles. The molecule has 1 fully saturated rings. The lowest BCUT2D eigenvalue weighted by Gasteiger charge is -2.19. The predicted octanol–water partition coefficient (Wildman–Crippen LogP) is 3.44. The molecule has 29 heavy (non-hydrogen) atoms. The summed E-state index contributed by atoms with van der Waals surface area (Å²) in [6.45, 7) is 4.17. The number of amides is 1. The molecule has 0 spiro atoms. The Labute approximate surface area is 167 Å². The van der Waals surface area contributed by atoms with Crippen LogP contribution in [0.5, 0.6) is 11.5 Å². The Kier molecular flexibility index (Phi) is 4.04. The summed E-state index contributed by atoms with van der Waals surface area (Å²) in [4.78, 5) is 31.6. The van der Waals surface area contributed by atoms with Gasteiger partial charge in [0.15, 0.2) is 17.3 Å². The summed E-state index contributed by atoms with van der Waals surface area (Å²) in [5.41, 5.74) is 2.53. The van der Waals surface area contributed by atoms with Gasteiger partial charge in [0, 0.05) is 30.6 Å². The van der Waals surface area contributed by atoms with Crippen molar-refractivity contribution in [2.45, 2.75) is 32.2 Å². The van der Waals surface area contributed by atoms with E-state index in [1.165, 1.54) is 0 Å². The van der Waals surface area contributed by atoms with Crippen LogP contribution in [-0.4, -0.2) is 34.6 Å². The maximum atomic E-state index is 12.8. The van der Waals surface area contributed by atoms with E-state index < -0.39 is 0 Å². The monoisotopic (exact) mass is 391 g/mol. The highest BCUT2D eigenvalue weighted by Crippen LogP contribution is 2.39. The lowest BCUT2D eigenvalue weighted by Crippen LogP contribution is -2.25. The van der Waals surface area contributed by atoms with Gasteiger partial charge < -0.3 is 18.9 Å². The number of hydrogen-bond donors (Lipinski definition) is 0. The number of Topliss-reactive ketones (excluding diaryl/α,β-unsaturated/α-hetero) is 1. The summed E-state index contributed by atoms with van der Waals surface area (Å²) in [5.74, 6) is 2.12. The fraction of sp³-hybridized carbons (Fsp3) is 0.318. The van der Waals surface area contributed by atoms with Gasteiger partial charge in [-0.2, -0.15) is 0 Å². The molecule has 2 aliphatic rings. The third-order valence-electron chi connectivity index (χ3n) is 5.76. The molecule has 0 saturated carbocycles. The van der Waals surface area contributed by atoms with E-state index in [4.69, 9.17) is 14.5 Å². The third kappa shape index (κ3) is 2.85. The van der Waals surface area contributed by atoms with E-state index in [0.717, 1.165) is 22.5 Å². The van der Waals surface area contributed by atoms with Crippen molar-refractivity contribution in [3.05, 3.63) is 48.3 Å². The summed E-state index contributed by atoms with van der Waals surface area (Å²) in [6, 6.07) is 13.0. The molecule has 2 aromatic carbocycles. The second-order valence-electron chi connectivity index (χ2n) is 7.56. The average Bonchev–Trinajstić information content (AvgIpc) is 3.42. The van der Waals surface area contributed by atoms with E-state index in [0.29, 0.717) is 24.5 Å². The fourth-order valence-electron chi connectivity index (χ4n) is 4.12. The van der Waals surface area contributed by atoms with Gasteiger partial charge in [0.1, 0.15) is 5.82 Å². The number of anilines is 1. The number of hydrogen-bond acceptors (Lipinski definition) is 5. The number of fused-ring (bicyclic) bond motifs is 2.